The van der Waals surface area contributed by atoms with Crippen molar-refractivity contribution in [3.05, 3.63) is 78.1 Å². The van der Waals surface area contributed by atoms with Gasteiger partial charge >= 0.3 is 0 Å². The van der Waals surface area contributed by atoms with Crippen molar-refractivity contribution in [3.63, 3.8) is 0 Å². The zero-order valence-electron chi connectivity index (χ0n) is 13.3. The standard InChI is InChI=1S/C19H16ClN3O2/c20-17-3-1-2-4-18(17)22-13-19(24)23-14-5-7-15(8-6-14)25-16-9-11-21-12-10-16/h1-12,22H,13H2,(H,23,24). The van der Waals surface area contributed by atoms with E-state index in [4.69, 9.17) is 16.3 Å². The summed E-state index contributed by atoms with van der Waals surface area (Å²) in [4.78, 5) is 16.0. The summed E-state index contributed by atoms with van der Waals surface area (Å²) in [5, 5.41) is 6.39. The van der Waals surface area contributed by atoms with Gasteiger partial charge in [-0.15, -0.1) is 0 Å². The molecule has 0 aliphatic rings. The maximum atomic E-state index is 12.0. The number of anilines is 2. The Bertz CT molecular complexity index is 839. The van der Waals surface area contributed by atoms with Gasteiger partial charge in [0, 0.05) is 18.1 Å². The Morgan fingerprint density at radius 2 is 1.64 bits per heavy atom. The number of para-hydroxylation sites is 1. The number of nitrogens with zero attached hydrogens (tertiary/aromatic N) is 1. The van der Waals surface area contributed by atoms with E-state index < -0.39 is 0 Å². The van der Waals surface area contributed by atoms with Gasteiger partial charge in [0.15, 0.2) is 0 Å². The summed E-state index contributed by atoms with van der Waals surface area (Å²) in [5.74, 6) is 1.22. The lowest BCUT2D eigenvalue weighted by molar-refractivity contribution is -0.114. The van der Waals surface area contributed by atoms with Crippen LogP contribution < -0.4 is 15.4 Å². The molecule has 0 fully saturated rings. The fraction of sp³-hybridized carbons (Fsp3) is 0.0526. The Labute approximate surface area is 150 Å². The molecule has 3 aromatic rings. The summed E-state index contributed by atoms with van der Waals surface area (Å²) in [6, 6.07) is 18.0. The smallest absolute Gasteiger partial charge is 0.243 e. The summed E-state index contributed by atoms with van der Waals surface area (Å²) in [6.45, 7) is 0.124. The average molecular weight is 354 g/mol. The number of hydrogen-bond donors (Lipinski definition) is 2. The monoisotopic (exact) mass is 353 g/mol. The summed E-state index contributed by atoms with van der Waals surface area (Å²) in [5.41, 5.74) is 1.41. The number of rotatable bonds is 6. The molecule has 1 heterocycles. The van der Waals surface area contributed by atoms with E-state index in [1.54, 1.807) is 54.9 Å². The first-order valence-corrected chi connectivity index (χ1v) is 8.05. The van der Waals surface area contributed by atoms with Gasteiger partial charge in [0.1, 0.15) is 11.5 Å². The third kappa shape index (κ3) is 4.96. The van der Waals surface area contributed by atoms with Crippen LogP contribution in [0.2, 0.25) is 5.02 Å². The topological polar surface area (TPSA) is 63.2 Å². The second-order valence-corrected chi connectivity index (χ2v) is 5.60. The Hall–Kier alpha value is -3.05. The number of ether oxygens (including phenoxy) is 1. The minimum atomic E-state index is -0.164. The molecule has 25 heavy (non-hydrogen) atoms. The fourth-order valence-electron chi connectivity index (χ4n) is 2.13. The predicted molar refractivity (Wildman–Crippen MR) is 99.3 cm³/mol. The first kappa shape index (κ1) is 16.8. The molecule has 0 bridgehead atoms. The number of aromatic nitrogens is 1. The number of carbonyl (C=O) groups excluding carboxylic acids is 1. The summed E-state index contributed by atoms with van der Waals surface area (Å²) < 4.78 is 5.68. The molecule has 0 saturated carbocycles. The van der Waals surface area contributed by atoms with Crippen LogP contribution in [0.5, 0.6) is 11.5 Å². The molecule has 5 nitrogen and oxygen atoms in total. The van der Waals surface area contributed by atoms with E-state index in [-0.39, 0.29) is 12.5 Å². The Kier molecular flexibility index (Phi) is 5.49. The van der Waals surface area contributed by atoms with Gasteiger partial charge in [-0.3, -0.25) is 9.78 Å². The zero-order valence-corrected chi connectivity index (χ0v) is 14.0. The molecule has 0 spiro atoms. The van der Waals surface area contributed by atoms with Gasteiger partial charge < -0.3 is 15.4 Å². The number of hydrogen-bond acceptors (Lipinski definition) is 4. The van der Waals surface area contributed by atoms with E-state index in [1.165, 1.54) is 0 Å². The van der Waals surface area contributed by atoms with E-state index in [0.29, 0.717) is 22.2 Å². The number of carbonyl (C=O) groups is 1. The largest absolute Gasteiger partial charge is 0.457 e. The van der Waals surface area contributed by atoms with Crippen molar-refractivity contribution in [2.24, 2.45) is 0 Å². The third-order valence-electron chi connectivity index (χ3n) is 3.34. The maximum Gasteiger partial charge on any atom is 0.243 e. The Morgan fingerprint density at radius 3 is 2.36 bits per heavy atom. The van der Waals surface area contributed by atoms with Gasteiger partial charge in [-0.2, -0.15) is 0 Å². The molecule has 1 amide bonds. The van der Waals surface area contributed by atoms with Crippen LogP contribution in [0.15, 0.2) is 73.1 Å². The van der Waals surface area contributed by atoms with Crippen LogP contribution in [0.4, 0.5) is 11.4 Å². The number of amides is 1. The van der Waals surface area contributed by atoms with Crippen molar-refractivity contribution in [1.82, 2.24) is 4.98 Å². The van der Waals surface area contributed by atoms with Crippen molar-refractivity contribution < 1.29 is 9.53 Å². The highest BCUT2D eigenvalue weighted by Gasteiger charge is 2.05. The molecule has 0 aliphatic carbocycles. The van der Waals surface area contributed by atoms with Crippen LogP contribution in [0, 0.1) is 0 Å². The summed E-state index contributed by atoms with van der Waals surface area (Å²) in [7, 11) is 0. The van der Waals surface area contributed by atoms with Crippen molar-refractivity contribution >= 4 is 28.9 Å². The number of nitrogens with one attached hydrogen (secondary N) is 2. The Morgan fingerprint density at radius 1 is 0.960 bits per heavy atom. The number of benzene rings is 2. The highest BCUT2D eigenvalue weighted by Crippen LogP contribution is 2.22. The third-order valence-corrected chi connectivity index (χ3v) is 3.67. The first-order valence-electron chi connectivity index (χ1n) is 7.67. The van der Waals surface area contributed by atoms with Gasteiger partial charge in [-0.25, -0.2) is 0 Å². The molecule has 6 heteroatoms. The van der Waals surface area contributed by atoms with Crippen LogP contribution in [0.1, 0.15) is 0 Å². The molecular weight excluding hydrogens is 338 g/mol. The molecule has 2 aromatic carbocycles. The van der Waals surface area contributed by atoms with Gasteiger partial charge in [0.05, 0.1) is 17.3 Å². The van der Waals surface area contributed by atoms with E-state index in [1.807, 2.05) is 18.2 Å². The predicted octanol–water partition coefficient (Wildman–Crippen LogP) is 4.58. The van der Waals surface area contributed by atoms with Gasteiger partial charge in [0.25, 0.3) is 0 Å². The zero-order chi connectivity index (χ0) is 17.5. The first-order chi connectivity index (χ1) is 12.2. The van der Waals surface area contributed by atoms with E-state index in [2.05, 4.69) is 15.6 Å². The fourth-order valence-corrected chi connectivity index (χ4v) is 2.34. The lowest BCUT2D eigenvalue weighted by Gasteiger charge is -2.10. The normalized spacial score (nSPS) is 10.1. The second-order valence-electron chi connectivity index (χ2n) is 5.19. The van der Waals surface area contributed by atoms with E-state index in [9.17, 15) is 4.79 Å². The van der Waals surface area contributed by atoms with Crippen LogP contribution in [0.3, 0.4) is 0 Å². The van der Waals surface area contributed by atoms with E-state index in [0.717, 1.165) is 5.69 Å². The van der Waals surface area contributed by atoms with Crippen molar-refractivity contribution in [1.29, 1.82) is 0 Å². The van der Waals surface area contributed by atoms with Crippen molar-refractivity contribution in [2.45, 2.75) is 0 Å². The number of halogens is 1. The van der Waals surface area contributed by atoms with Gasteiger partial charge in [-0.05, 0) is 48.5 Å². The lowest BCUT2D eigenvalue weighted by atomic mass is 10.3. The minimum Gasteiger partial charge on any atom is -0.457 e. The van der Waals surface area contributed by atoms with Crippen LogP contribution >= 0.6 is 11.6 Å². The molecular formula is C19H16ClN3O2. The molecule has 2 N–H and O–H groups in total. The van der Waals surface area contributed by atoms with Gasteiger partial charge in [0.2, 0.25) is 5.91 Å². The highest BCUT2D eigenvalue weighted by molar-refractivity contribution is 6.33. The van der Waals surface area contributed by atoms with Crippen LogP contribution in [-0.4, -0.2) is 17.4 Å². The highest BCUT2D eigenvalue weighted by atomic mass is 35.5. The quantitative estimate of drug-likeness (QED) is 0.681. The molecule has 126 valence electrons. The SMILES string of the molecule is O=C(CNc1ccccc1Cl)Nc1ccc(Oc2ccncc2)cc1. The second kappa shape index (κ2) is 8.17. The van der Waals surface area contributed by atoms with Gasteiger partial charge in [-0.1, -0.05) is 23.7 Å². The average Bonchev–Trinajstić information content (AvgIpc) is 2.64. The minimum absolute atomic E-state index is 0.124. The summed E-state index contributed by atoms with van der Waals surface area (Å²) >= 11 is 6.04. The molecule has 3 rings (SSSR count). The van der Waals surface area contributed by atoms with Crippen LogP contribution in [0.25, 0.3) is 0 Å². The molecule has 0 aliphatic heterocycles. The Balaban J connectivity index is 1.52. The number of pyridine rings is 1. The molecule has 0 unspecified atom stereocenters. The molecule has 1 aromatic heterocycles. The molecule has 0 radical (unpaired) electrons. The molecule has 0 saturated heterocycles. The lowest BCUT2D eigenvalue weighted by Crippen LogP contribution is -2.21. The summed E-state index contributed by atoms with van der Waals surface area (Å²) in [6.07, 6.45) is 3.33. The molecule has 0 atom stereocenters. The van der Waals surface area contributed by atoms with Crippen molar-refractivity contribution in [2.75, 3.05) is 17.2 Å². The van der Waals surface area contributed by atoms with Crippen molar-refractivity contribution in [3.8, 4) is 11.5 Å². The maximum absolute atomic E-state index is 12.0. The van der Waals surface area contributed by atoms with Crippen LogP contribution in [-0.2, 0) is 4.79 Å². The van der Waals surface area contributed by atoms with E-state index >= 15 is 0 Å².